The van der Waals surface area contributed by atoms with Gasteiger partial charge < -0.3 is 12.4 Å². The van der Waals surface area contributed by atoms with Crippen LogP contribution in [-0.4, -0.2) is 9.78 Å². The van der Waals surface area contributed by atoms with Crippen molar-refractivity contribution in [1.29, 1.82) is 0 Å². The molecule has 0 spiro atoms. The minimum Gasteiger partial charge on any atom is -1.00 e. The molecule has 4 heteroatoms. The highest BCUT2D eigenvalue weighted by molar-refractivity contribution is 5.21. The number of aromatic nitrogens is 3. The molecule has 1 aromatic heterocycles. The third-order valence-electron chi connectivity index (χ3n) is 2.40. The molecule has 2 aromatic rings. The van der Waals surface area contributed by atoms with Crippen LogP contribution in [0.25, 0.3) is 0 Å². The van der Waals surface area contributed by atoms with Gasteiger partial charge in [-0.05, 0) is 19.4 Å². The zero-order chi connectivity index (χ0) is 10.7. The van der Waals surface area contributed by atoms with E-state index >= 15 is 0 Å². The van der Waals surface area contributed by atoms with Gasteiger partial charge in [0.25, 0.3) is 6.33 Å². The number of nitrogens with zero attached hydrogens (tertiary/aromatic N) is 3. The van der Waals surface area contributed by atoms with Gasteiger partial charge in [-0.2, -0.15) is 0 Å². The monoisotopic (exact) mass is 237 g/mol. The second-order valence-corrected chi connectivity index (χ2v) is 3.76. The van der Waals surface area contributed by atoms with E-state index < -0.39 is 0 Å². The minimum absolute atomic E-state index is 0. The lowest BCUT2D eigenvalue weighted by Gasteiger charge is -1.99. The van der Waals surface area contributed by atoms with Crippen LogP contribution in [0.2, 0.25) is 0 Å². The molecule has 1 heterocycles. The highest BCUT2D eigenvalue weighted by Gasteiger charge is 2.03. The summed E-state index contributed by atoms with van der Waals surface area (Å²) in [4.78, 5) is 0. The summed E-state index contributed by atoms with van der Waals surface area (Å²) in [5, 5.41) is 4.23. The molecule has 0 aliphatic carbocycles. The first-order valence-electron chi connectivity index (χ1n) is 5.25. The summed E-state index contributed by atoms with van der Waals surface area (Å²) in [6.45, 7) is 6.01. The molecule has 0 aliphatic heterocycles. The molecule has 0 N–H and O–H groups in total. The Morgan fingerprint density at radius 3 is 2.81 bits per heavy atom. The molecule has 0 saturated carbocycles. The van der Waals surface area contributed by atoms with Crippen LogP contribution in [-0.2, 0) is 13.1 Å². The van der Waals surface area contributed by atoms with Gasteiger partial charge >= 0.3 is 0 Å². The second-order valence-electron chi connectivity index (χ2n) is 3.76. The van der Waals surface area contributed by atoms with Gasteiger partial charge in [-0.3, -0.25) is 0 Å². The molecule has 2 rings (SSSR count). The Labute approximate surface area is 102 Å². The molecule has 0 atom stereocenters. The summed E-state index contributed by atoms with van der Waals surface area (Å²) >= 11 is 0. The molecule has 86 valence electrons. The molecule has 0 amide bonds. The van der Waals surface area contributed by atoms with Gasteiger partial charge in [0, 0.05) is 5.10 Å². The summed E-state index contributed by atoms with van der Waals surface area (Å²) in [6.07, 6.45) is 3.90. The summed E-state index contributed by atoms with van der Waals surface area (Å²) in [5.41, 5.74) is 2.62. The van der Waals surface area contributed by atoms with Crippen molar-refractivity contribution in [3.05, 3.63) is 48.0 Å². The number of hydrogen-bond donors (Lipinski definition) is 0. The summed E-state index contributed by atoms with van der Waals surface area (Å²) in [6, 6.07) is 8.55. The average molecular weight is 238 g/mol. The smallest absolute Gasteiger partial charge is 0.265 e. The fraction of sp³-hybridized carbons (Fsp3) is 0.333. The Morgan fingerprint density at radius 1 is 1.38 bits per heavy atom. The van der Waals surface area contributed by atoms with Crippen LogP contribution in [0.4, 0.5) is 0 Å². The zero-order valence-corrected chi connectivity index (χ0v) is 10.4. The third kappa shape index (κ3) is 3.07. The predicted molar refractivity (Wildman–Crippen MR) is 58.4 cm³/mol. The first kappa shape index (κ1) is 12.7. The lowest BCUT2D eigenvalue weighted by molar-refractivity contribution is -0.689. The molecule has 0 aliphatic rings. The van der Waals surface area contributed by atoms with Gasteiger partial charge in [0.15, 0.2) is 0 Å². The zero-order valence-electron chi connectivity index (χ0n) is 9.60. The van der Waals surface area contributed by atoms with Crippen molar-refractivity contribution in [1.82, 2.24) is 9.78 Å². The summed E-state index contributed by atoms with van der Waals surface area (Å²) in [5.74, 6) is 0. The van der Waals surface area contributed by atoms with Crippen LogP contribution in [0.3, 0.4) is 0 Å². The number of benzene rings is 1. The van der Waals surface area contributed by atoms with E-state index in [4.69, 9.17) is 0 Å². The normalized spacial score (nSPS) is 9.88. The quantitative estimate of drug-likeness (QED) is 0.599. The molecule has 16 heavy (non-hydrogen) atoms. The fourth-order valence-corrected chi connectivity index (χ4v) is 1.63. The average Bonchev–Trinajstić information content (AvgIpc) is 2.65. The molecule has 0 radical (unpaired) electrons. The molecule has 1 aromatic carbocycles. The Morgan fingerprint density at radius 2 is 2.19 bits per heavy atom. The number of rotatable bonds is 3. The fourth-order valence-electron chi connectivity index (χ4n) is 1.63. The van der Waals surface area contributed by atoms with Gasteiger partial charge in [-0.25, -0.2) is 4.57 Å². The summed E-state index contributed by atoms with van der Waals surface area (Å²) < 4.78 is 4.02. The van der Waals surface area contributed by atoms with E-state index in [1.165, 1.54) is 11.1 Å². The first-order valence-corrected chi connectivity index (χ1v) is 5.25. The number of halogens is 1. The van der Waals surface area contributed by atoms with Crippen molar-refractivity contribution in [2.75, 3.05) is 0 Å². The lowest BCUT2D eigenvalue weighted by Crippen LogP contribution is -3.00. The van der Waals surface area contributed by atoms with Crippen LogP contribution in [0, 0.1) is 6.92 Å². The maximum absolute atomic E-state index is 4.23. The van der Waals surface area contributed by atoms with Gasteiger partial charge in [-0.15, -0.1) is 4.68 Å². The Balaban J connectivity index is 0.00000128. The first-order chi connectivity index (χ1) is 7.28. The van der Waals surface area contributed by atoms with Crippen LogP contribution >= 0.6 is 0 Å². The Hall–Kier alpha value is -1.35. The van der Waals surface area contributed by atoms with Gasteiger partial charge in [0.1, 0.15) is 6.54 Å². The van der Waals surface area contributed by atoms with E-state index in [1.54, 1.807) is 0 Å². The highest BCUT2D eigenvalue weighted by Crippen LogP contribution is 2.02. The molecule has 3 nitrogen and oxygen atoms in total. The van der Waals surface area contributed by atoms with E-state index in [9.17, 15) is 0 Å². The minimum atomic E-state index is 0. The van der Waals surface area contributed by atoms with E-state index in [2.05, 4.69) is 47.8 Å². The van der Waals surface area contributed by atoms with E-state index in [0.29, 0.717) is 0 Å². The predicted octanol–water partition coefficient (Wildman–Crippen LogP) is -1.45. The molecule has 0 saturated heterocycles. The molecular formula is C12H16ClN3. The maximum Gasteiger partial charge on any atom is 0.265 e. The molecule has 0 unspecified atom stereocenters. The topological polar surface area (TPSA) is 21.7 Å². The SMILES string of the molecule is CCn1c[n+](Cc2cccc(C)c2)cn1.[Cl-]. The van der Waals surface area contributed by atoms with E-state index in [1.807, 2.05) is 17.3 Å². The second kappa shape index (κ2) is 5.66. The number of aryl methyl sites for hydroxylation is 2. The van der Waals surface area contributed by atoms with Crippen molar-refractivity contribution in [2.45, 2.75) is 26.9 Å². The van der Waals surface area contributed by atoms with Crippen LogP contribution in [0.1, 0.15) is 18.1 Å². The van der Waals surface area contributed by atoms with Gasteiger partial charge in [0.2, 0.25) is 6.33 Å². The van der Waals surface area contributed by atoms with E-state index in [0.717, 1.165) is 13.1 Å². The van der Waals surface area contributed by atoms with Crippen molar-refractivity contribution >= 4 is 0 Å². The molecule has 0 bridgehead atoms. The van der Waals surface area contributed by atoms with Crippen molar-refractivity contribution < 1.29 is 17.0 Å². The van der Waals surface area contributed by atoms with Crippen molar-refractivity contribution in [3.63, 3.8) is 0 Å². The Kier molecular flexibility index (Phi) is 4.50. The molecule has 0 fully saturated rings. The van der Waals surface area contributed by atoms with Crippen LogP contribution < -0.4 is 17.0 Å². The highest BCUT2D eigenvalue weighted by atomic mass is 35.5. The van der Waals surface area contributed by atoms with Crippen molar-refractivity contribution in [3.8, 4) is 0 Å². The standard InChI is InChI=1S/C12H16N3.ClH/c1-3-15-10-14(9-13-15)8-12-6-4-5-11(2)7-12;/h4-7,9-10H,3,8H2,1-2H3;1H/q+1;/p-1. The van der Waals surface area contributed by atoms with Gasteiger partial charge in [0.05, 0.1) is 6.54 Å². The van der Waals surface area contributed by atoms with E-state index in [-0.39, 0.29) is 12.4 Å². The summed E-state index contributed by atoms with van der Waals surface area (Å²) in [7, 11) is 0. The van der Waals surface area contributed by atoms with Gasteiger partial charge in [-0.1, -0.05) is 29.8 Å². The lowest BCUT2D eigenvalue weighted by atomic mass is 10.1. The van der Waals surface area contributed by atoms with Crippen molar-refractivity contribution in [2.24, 2.45) is 0 Å². The van der Waals surface area contributed by atoms with Crippen LogP contribution in [0.5, 0.6) is 0 Å². The van der Waals surface area contributed by atoms with Crippen LogP contribution in [0.15, 0.2) is 36.9 Å². The number of hydrogen-bond acceptors (Lipinski definition) is 1. The molecular weight excluding hydrogens is 222 g/mol. The Bertz CT molecular complexity index is 451. The maximum atomic E-state index is 4.23. The third-order valence-corrected chi connectivity index (χ3v) is 2.40. The largest absolute Gasteiger partial charge is 1.00 e.